The van der Waals surface area contributed by atoms with Crippen LogP contribution in [0.25, 0.3) is 22.3 Å². The van der Waals surface area contributed by atoms with E-state index >= 15 is 0 Å². The lowest BCUT2D eigenvalue weighted by molar-refractivity contribution is 0.406. The average molecular weight is 353 g/mol. The molecular formula is C21H20FNO3. The molecule has 0 aromatic heterocycles. The zero-order valence-corrected chi connectivity index (χ0v) is 14.9. The van der Waals surface area contributed by atoms with Crippen LogP contribution in [0.5, 0.6) is 17.2 Å². The maximum Gasteiger partial charge on any atom is 0.146 e. The third-order valence-electron chi connectivity index (χ3n) is 4.23. The van der Waals surface area contributed by atoms with Crippen LogP contribution in [0, 0.1) is 5.82 Å². The van der Waals surface area contributed by atoms with Crippen LogP contribution >= 0.6 is 0 Å². The Hall–Kier alpha value is -3.21. The van der Waals surface area contributed by atoms with Gasteiger partial charge >= 0.3 is 0 Å². The average Bonchev–Trinajstić information content (AvgIpc) is 2.69. The number of hydrogen-bond donors (Lipinski definition) is 1. The Morgan fingerprint density at radius 1 is 0.692 bits per heavy atom. The summed E-state index contributed by atoms with van der Waals surface area (Å²) in [6.45, 7) is 0. The maximum absolute atomic E-state index is 13.9. The Kier molecular flexibility index (Phi) is 4.98. The molecule has 26 heavy (non-hydrogen) atoms. The van der Waals surface area contributed by atoms with Crippen LogP contribution < -0.4 is 19.9 Å². The second-order valence-corrected chi connectivity index (χ2v) is 5.72. The molecule has 5 heteroatoms. The smallest absolute Gasteiger partial charge is 0.146 e. The first-order chi connectivity index (χ1) is 12.6. The van der Waals surface area contributed by atoms with Gasteiger partial charge in [-0.05, 0) is 47.5 Å². The van der Waals surface area contributed by atoms with Gasteiger partial charge in [0.25, 0.3) is 0 Å². The van der Waals surface area contributed by atoms with Gasteiger partial charge < -0.3 is 19.9 Å². The Morgan fingerprint density at radius 2 is 1.23 bits per heavy atom. The summed E-state index contributed by atoms with van der Waals surface area (Å²) in [7, 11) is 4.80. The molecule has 0 fully saturated rings. The highest BCUT2D eigenvalue weighted by molar-refractivity contribution is 5.81. The number of benzene rings is 3. The molecule has 0 aliphatic heterocycles. The molecule has 134 valence electrons. The van der Waals surface area contributed by atoms with Crippen molar-refractivity contribution < 1.29 is 18.6 Å². The second kappa shape index (κ2) is 7.35. The summed E-state index contributed by atoms with van der Waals surface area (Å²) in [6.07, 6.45) is 0. The maximum atomic E-state index is 13.9. The van der Waals surface area contributed by atoms with E-state index in [0.29, 0.717) is 17.1 Å². The molecule has 0 aliphatic rings. The standard InChI is InChI=1S/C21H20FNO3/c1-24-15-7-4-13(5-8-15)16-11-21(26-3)17(12-20(16)25-2)14-6-9-19(23)18(22)10-14/h4-12H,23H2,1-3H3. The fourth-order valence-corrected chi connectivity index (χ4v) is 2.81. The SMILES string of the molecule is COc1ccc(-c2cc(OC)c(-c3ccc(N)c(F)c3)cc2OC)cc1. The Balaban J connectivity index is 2.14. The zero-order valence-electron chi connectivity index (χ0n) is 14.9. The largest absolute Gasteiger partial charge is 0.497 e. The van der Waals surface area contributed by atoms with Gasteiger partial charge in [0.1, 0.15) is 23.1 Å². The Labute approximate surface area is 151 Å². The summed E-state index contributed by atoms with van der Waals surface area (Å²) in [6, 6.07) is 16.0. The van der Waals surface area contributed by atoms with Crippen LogP contribution in [-0.2, 0) is 0 Å². The number of rotatable bonds is 5. The quantitative estimate of drug-likeness (QED) is 0.672. The Morgan fingerprint density at radius 3 is 1.73 bits per heavy atom. The van der Waals surface area contributed by atoms with Crippen molar-refractivity contribution >= 4 is 5.69 Å². The van der Waals surface area contributed by atoms with E-state index in [9.17, 15) is 4.39 Å². The number of ether oxygens (including phenoxy) is 3. The summed E-state index contributed by atoms with van der Waals surface area (Å²) >= 11 is 0. The van der Waals surface area contributed by atoms with Crippen molar-refractivity contribution in [3.05, 3.63) is 60.4 Å². The van der Waals surface area contributed by atoms with E-state index < -0.39 is 5.82 Å². The van der Waals surface area contributed by atoms with Crippen molar-refractivity contribution in [3.63, 3.8) is 0 Å². The lowest BCUT2D eigenvalue weighted by atomic mass is 9.97. The molecule has 2 N–H and O–H groups in total. The number of methoxy groups -OCH3 is 3. The van der Waals surface area contributed by atoms with E-state index in [-0.39, 0.29) is 5.69 Å². The van der Waals surface area contributed by atoms with Crippen LogP contribution in [0.1, 0.15) is 0 Å². The molecule has 3 aromatic carbocycles. The lowest BCUT2D eigenvalue weighted by Crippen LogP contribution is -1.95. The van der Waals surface area contributed by atoms with Gasteiger partial charge in [0.15, 0.2) is 0 Å². The highest BCUT2D eigenvalue weighted by Gasteiger charge is 2.15. The second-order valence-electron chi connectivity index (χ2n) is 5.72. The summed E-state index contributed by atoms with van der Waals surface area (Å²) < 4.78 is 30.2. The van der Waals surface area contributed by atoms with Gasteiger partial charge in [-0.2, -0.15) is 0 Å². The molecule has 4 nitrogen and oxygen atoms in total. The molecule has 0 unspecified atom stereocenters. The monoisotopic (exact) mass is 353 g/mol. The van der Waals surface area contributed by atoms with Crippen molar-refractivity contribution in [2.45, 2.75) is 0 Å². The first-order valence-electron chi connectivity index (χ1n) is 8.03. The van der Waals surface area contributed by atoms with Gasteiger partial charge in [-0.25, -0.2) is 4.39 Å². The van der Waals surface area contributed by atoms with E-state index in [1.54, 1.807) is 27.4 Å². The summed E-state index contributed by atoms with van der Waals surface area (Å²) in [5.41, 5.74) is 8.89. The van der Waals surface area contributed by atoms with Gasteiger partial charge in [-0.15, -0.1) is 0 Å². The molecule has 0 saturated carbocycles. The number of anilines is 1. The Bertz CT molecular complexity index is 923. The fourth-order valence-electron chi connectivity index (χ4n) is 2.81. The summed E-state index contributed by atoms with van der Waals surface area (Å²) in [4.78, 5) is 0. The zero-order chi connectivity index (χ0) is 18.7. The van der Waals surface area contributed by atoms with Gasteiger partial charge in [-0.3, -0.25) is 0 Å². The topological polar surface area (TPSA) is 53.7 Å². The molecule has 0 saturated heterocycles. The molecule has 0 aliphatic carbocycles. The van der Waals surface area contributed by atoms with Gasteiger partial charge in [0.2, 0.25) is 0 Å². The van der Waals surface area contributed by atoms with Gasteiger partial charge in [0.05, 0.1) is 27.0 Å². The van der Waals surface area contributed by atoms with E-state index in [1.807, 2.05) is 36.4 Å². The van der Waals surface area contributed by atoms with Gasteiger partial charge in [-0.1, -0.05) is 18.2 Å². The lowest BCUT2D eigenvalue weighted by Gasteiger charge is -2.16. The van der Waals surface area contributed by atoms with Crippen LogP contribution in [0.15, 0.2) is 54.6 Å². The van der Waals surface area contributed by atoms with Crippen LogP contribution in [0.2, 0.25) is 0 Å². The van der Waals surface area contributed by atoms with Gasteiger partial charge in [0, 0.05) is 11.1 Å². The van der Waals surface area contributed by atoms with E-state index in [1.165, 1.54) is 12.1 Å². The van der Waals surface area contributed by atoms with Crippen molar-refractivity contribution in [2.75, 3.05) is 27.1 Å². The predicted molar refractivity (Wildman–Crippen MR) is 101 cm³/mol. The number of nitrogen functional groups attached to an aromatic ring is 1. The van der Waals surface area contributed by atoms with Crippen LogP contribution in [0.3, 0.4) is 0 Å². The third-order valence-corrected chi connectivity index (χ3v) is 4.23. The minimum atomic E-state index is -0.470. The van der Waals surface area contributed by atoms with Crippen LogP contribution in [0.4, 0.5) is 10.1 Å². The molecule has 3 rings (SSSR count). The highest BCUT2D eigenvalue weighted by Crippen LogP contribution is 2.41. The van der Waals surface area contributed by atoms with Crippen molar-refractivity contribution in [1.82, 2.24) is 0 Å². The molecule has 0 spiro atoms. The van der Waals surface area contributed by atoms with E-state index in [0.717, 1.165) is 22.4 Å². The minimum absolute atomic E-state index is 0.106. The van der Waals surface area contributed by atoms with Crippen LogP contribution in [-0.4, -0.2) is 21.3 Å². The first-order valence-corrected chi connectivity index (χ1v) is 8.03. The predicted octanol–water partition coefficient (Wildman–Crippen LogP) is 4.77. The molecule has 0 heterocycles. The summed E-state index contributed by atoms with van der Waals surface area (Å²) in [5, 5.41) is 0. The highest BCUT2D eigenvalue weighted by atomic mass is 19.1. The fraction of sp³-hybridized carbons (Fsp3) is 0.143. The van der Waals surface area contributed by atoms with E-state index in [4.69, 9.17) is 19.9 Å². The molecule has 3 aromatic rings. The number of hydrogen-bond acceptors (Lipinski definition) is 4. The molecule has 0 bridgehead atoms. The van der Waals surface area contributed by atoms with Crippen molar-refractivity contribution in [2.24, 2.45) is 0 Å². The van der Waals surface area contributed by atoms with Crippen molar-refractivity contribution in [3.8, 4) is 39.5 Å². The van der Waals surface area contributed by atoms with Crippen molar-refractivity contribution in [1.29, 1.82) is 0 Å². The number of halogens is 1. The molecular weight excluding hydrogens is 333 g/mol. The molecule has 0 radical (unpaired) electrons. The molecule has 0 atom stereocenters. The first kappa shape index (κ1) is 17.6. The van der Waals surface area contributed by atoms with E-state index in [2.05, 4.69) is 0 Å². The minimum Gasteiger partial charge on any atom is -0.497 e. The molecule has 0 amide bonds. The number of nitrogens with two attached hydrogens (primary N) is 1. The third kappa shape index (κ3) is 3.28. The normalized spacial score (nSPS) is 10.5. The summed E-state index contributed by atoms with van der Waals surface area (Å²) in [5.74, 6) is 1.57.